The van der Waals surface area contributed by atoms with Crippen LogP contribution in [-0.2, 0) is 10.3 Å². The van der Waals surface area contributed by atoms with Gasteiger partial charge in [0.1, 0.15) is 12.1 Å². The average molecular weight is 373 g/mol. The molecular formula is C18H16FN3O5. The van der Waals surface area contributed by atoms with Crippen molar-refractivity contribution in [3.63, 3.8) is 0 Å². The molecule has 2 aromatic carbocycles. The van der Waals surface area contributed by atoms with Crippen LogP contribution in [0, 0.1) is 15.9 Å². The number of para-hydroxylation sites is 1. The zero-order valence-electron chi connectivity index (χ0n) is 14.3. The second kappa shape index (κ2) is 7.02. The van der Waals surface area contributed by atoms with E-state index in [-0.39, 0.29) is 24.6 Å². The van der Waals surface area contributed by atoms with Gasteiger partial charge in [-0.15, -0.1) is 0 Å². The summed E-state index contributed by atoms with van der Waals surface area (Å²) in [5.41, 5.74) is -1.04. The molecule has 0 aromatic heterocycles. The first-order valence-corrected chi connectivity index (χ1v) is 8.09. The van der Waals surface area contributed by atoms with Crippen LogP contribution in [0.1, 0.15) is 12.5 Å². The van der Waals surface area contributed by atoms with Crippen LogP contribution in [0.2, 0.25) is 0 Å². The Kier molecular flexibility index (Phi) is 4.76. The third-order valence-electron chi connectivity index (χ3n) is 4.34. The summed E-state index contributed by atoms with van der Waals surface area (Å²) in [6, 6.07) is 10.6. The van der Waals surface area contributed by atoms with Crippen molar-refractivity contribution in [2.24, 2.45) is 0 Å². The van der Waals surface area contributed by atoms with E-state index < -0.39 is 28.2 Å². The number of carbonyl (C=O) groups is 2. The lowest BCUT2D eigenvalue weighted by atomic mass is 9.92. The Morgan fingerprint density at radius 1 is 1.19 bits per heavy atom. The first kappa shape index (κ1) is 18.3. The molecular weight excluding hydrogens is 357 g/mol. The number of amides is 3. The quantitative estimate of drug-likeness (QED) is 0.476. The standard InChI is InChI=1S/C18H16FN3O5/c1-18(12-6-8-13(9-7-12)22(25)26)16(23)21(17(24)20-18)10-11-27-15-5-3-2-4-14(15)19/h2-9H,10-11H2,1H3,(H,20,24)/t18-/m0/s1. The molecule has 1 N–H and O–H groups in total. The third-order valence-corrected chi connectivity index (χ3v) is 4.34. The van der Waals surface area contributed by atoms with Gasteiger partial charge in [-0.25, -0.2) is 9.18 Å². The van der Waals surface area contributed by atoms with E-state index in [0.717, 1.165) is 4.90 Å². The Morgan fingerprint density at radius 2 is 1.85 bits per heavy atom. The van der Waals surface area contributed by atoms with Crippen LogP contribution < -0.4 is 10.1 Å². The molecule has 0 saturated carbocycles. The number of hydrogen-bond donors (Lipinski definition) is 1. The lowest BCUT2D eigenvalue weighted by Gasteiger charge is -2.22. The van der Waals surface area contributed by atoms with Gasteiger partial charge in [0.05, 0.1) is 11.5 Å². The molecule has 8 nitrogen and oxygen atoms in total. The molecule has 3 rings (SSSR count). The van der Waals surface area contributed by atoms with Crippen molar-refractivity contribution in [3.05, 3.63) is 70.0 Å². The van der Waals surface area contributed by atoms with Gasteiger partial charge in [-0.2, -0.15) is 0 Å². The van der Waals surface area contributed by atoms with Crippen molar-refractivity contribution in [2.45, 2.75) is 12.5 Å². The minimum absolute atomic E-state index is 0.0303. The van der Waals surface area contributed by atoms with E-state index in [2.05, 4.69) is 5.32 Å². The van der Waals surface area contributed by atoms with Gasteiger partial charge >= 0.3 is 6.03 Å². The molecule has 9 heteroatoms. The molecule has 1 aliphatic heterocycles. The second-order valence-electron chi connectivity index (χ2n) is 6.09. The molecule has 1 aliphatic rings. The molecule has 27 heavy (non-hydrogen) atoms. The van der Waals surface area contributed by atoms with Crippen LogP contribution in [0.25, 0.3) is 0 Å². The van der Waals surface area contributed by atoms with E-state index in [9.17, 15) is 24.1 Å². The second-order valence-corrected chi connectivity index (χ2v) is 6.09. The Labute approximate surface area is 153 Å². The molecule has 0 radical (unpaired) electrons. The predicted molar refractivity (Wildman–Crippen MR) is 92.6 cm³/mol. The molecule has 0 unspecified atom stereocenters. The topological polar surface area (TPSA) is 102 Å². The van der Waals surface area contributed by atoms with Crippen molar-refractivity contribution < 1.29 is 23.6 Å². The van der Waals surface area contributed by atoms with Crippen LogP contribution in [0.15, 0.2) is 48.5 Å². The maximum Gasteiger partial charge on any atom is 0.325 e. The zero-order valence-corrected chi connectivity index (χ0v) is 14.3. The monoisotopic (exact) mass is 373 g/mol. The first-order valence-electron chi connectivity index (χ1n) is 8.09. The average Bonchev–Trinajstić information content (AvgIpc) is 2.87. The Bertz CT molecular complexity index is 902. The van der Waals surface area contributed by atoms with Gasteiger partial charge in [-0.05, 0) is 36.8 Å². The fourth-order valence-electron chi connectivity index (χ4n) is 2.82. The fourth-order valence-corrected chi connectivity index (χ4v) is 2.82. The number of nitrogens with one attached hydrogen (secondary N) is 1. The van der Waals surface area contributed by atoms with Gasteiger partial charge in [0.15, 0.2) is 11.6 Å². The molecule has 1 fully saturated rings. The van der Waals surface area contributed by atoms with Crippen molar-refractivity contribution in [1.82, 2.24) is 10.2 Å². The van der Waals surface area contributed by atoms with E-state index in [4.69, 9.17) is 4.74 Å². The molecule has 140 valence electrons. The van der Waals surface area contributed by atoms with Gasteiger partial charge in [-0.3, -0.25) is 19.8 Å². The molecule has 1 saturated heterocycles. The van der Waals surface area contributed by atoms with Gasteiger partial charge in [0, 0.05) is 12.1 Å². The highest BCUT2D eigenvalue weighted by Gasteiger charge is 2.48. The Morgan fingerprint density at radius 3 is 2.48 bits per heavy atom. The van der Waals surface area contributed by atoms with Gasteiger partial charge < -0.3 is 10.1 Å². The zero-order chi connectivity index (χ0) is 19.6. The molecule has 0 spiro atoms. The number of nitrogens with zero attached hydrogens (tertiary/aromatic N) is 2. The summed E-state index contributed by atoms with van der Waals surface area (Å²) >= 11 is 0. The van der Waals surface area contributed by atoms with Crippen LogP contribution in [0.3, 0.4) is 0 Å². The summed E-state index contributed by atoms with van der Waals surface area (Å²) in [4.78, 5) is 36.1. The van der Waals surface area contributed by atoms with E-state index in [1.54, 1.807) is 6.07 Å². The number of nitro benzene ring substituents is 1. The minimum atomic E-state index is -1.34. The number of imide groups is 1. The lowest BCUT2D eigenvalue weighted by molar-refractivity contribution is -0.384. The summed E-state index contributed by atoms with van der Waals surface area (Å²) in [7, 11) is 0. The number of urea groups is 1. The SMILES string of the molecule is C[C@@]1(c2ccc([N+](=O)[O-])cc2)NC(=O)N(CCOc2ccccc2F)C1=O. The predicted octanol–water partition coefficient (Wildman–Crippen LogP) is 2.58. The highest BCUT2D eigenvalue weighted by atomic mass is 19.1. The first-order chi connectivity index (χ1) is 12.8. The normalized spacial score (nSPS) is 19.1. The van der Waals surface area contributed by atoms with E-state index in [1.165, 1.54) is 49.4 Å². The van der Waals surface area contributed by atoms with E-state index in [1.807, 2.05) is 0 Å². The number of hydrogen-bond acceptors (Lipinski definition) is 5. The largest absolute Gasteiger partial charge is 0.489 e. The fraction of sp³-hybridized carbons (Fsp3) is 0.222. The number of carbonyl (C=O) groups excluding carboxylic acids is 2. The highest BCUT2D eigenvalue weighted by molar-refractivity contribution is 6.07. The Balaban J connectivity index is 1.70. The third kappa shape index (κ3) is 3.43. The van der Waals surface area contributed by atoms with Gasteiger partial charge in [0.2, 0.25) is 0 Å². The highest BCUT2D eigenvalue weighted by Crippen LogP contribution is 2.30. The molecule has 0 aliphatic carbocycles. The smallest absolute Gasteiger partial charge is 0.325 e. The van der Waals surface area contributed by atoms with Crippen molar-refractivity contribution in [3.8, 4) is 5.75 Å². The maximum atomic E-state index is 13.5. The number of benzene rings is 2. The van der Waals surface area contributed by atoms with Crippen LogP contribution in [-0.4, -0.2) is 34.9 Å². The van der Waals surface area contributed by atoms with Crippen LogP contribution in [0.4, 0.5) is 14.9 Å². The van der Waals surface area contributed by atoms with Gasteiger partial charge in [0.25, 0.3) is 11.6 Å². The molecule has 1 heterocycles. The van der Waals surface area contributed by atoms with E-state index >= 15 is 0 Å². The van der Waals surface area contributed by atoms with Crippen molar-refractivity contribution in [2.75, 3.05) is 13.2 Å². The summed E-state index contributed by atoms with van der Waals surface area (Å²) in [5, 5.41) is 13.4. The lowest BCUT2D eigenvalue weighted by Crippen LogP contribution is -2.41. The summed E-state index contributed by atoms with van der Waals surface area (Å²) in [6.45, 7) is 1.38. The Hall–Kier alpha value is -3.49. The number of nitro groups is 1. The molecule has 3 amide bonds. The minimum Gasteiger partial charge on any atom is -0.489 e. The van der Waals surface area contributed by atoms with Crippen LogP contribution in [0.5, 0.6) is 5.75 Å². The van der Waals surface area contributed by atoms with Crippen LogP contribution >= 0.6 is 0 Å². The molecule has 0 bridgehead atoms. The molecule has 1 atom stereocenters. The molecule has 2 aromatic rings. The summed E-state index contributed by atoms with van der Waals surface area (Å²) in [6.07, 6.45) is 0. The number of halogens is 1. The van der Waals surface area contributed by atoms with Crippen molar-refractivity contribution >= 4 is 17.6 Å². The number of rotatable bonds is 6. The van der Waals surface area contributed by atoms with Crippen molar-refractivity contribution in [1.29, 1.82) is 0 Å². The number of ether oxygens (including phenoxy) is 1. The summed E-state index contributed by atoms with van der Waals surface area (Å²) in [5.74, 6) is -1.02. The number of non-ortho nitro benzene ring substituents is 1. The van der Waals surface area contributed by atoms with E-state index in [0.29, 0.717) is 5.56 Å². The van der Waals surface area contributed by atoms with Gasteiger partial charge in [-0.1, -0.05) is 12.1 Å². The maximum absolute atomic E-state index is 13.5. The summed E-state index contributed by atoms with van der Waals surface area (Å²) < 4.78 is 18.8.